The monoisotopic (exact) mass is 254 g/mol. The summed E-state index contributed by atoms with van der Waals surface area (Å²) >= 11 is 0. The van der Waals surface area contributed by atoms with Gasteiger partial charge in [-0.2, -0.15) is 0 Å². The van der Waals surface area contributed by atoms with Crippen LogP contribution in [0.3, 0.4) is 0 Å². The third-order valence-corrected chi connectivity index (χ3v) is 3.53. The molecular formula is C17H22N2. The Bertz CT molecular complexity index is 428. The van der Waals surface area contributed by atoms with E-state index in [1.807, 2.05) is 0 Å². The molecule has 2 aromatic carbocycles. The van der Waals surface area contributed by atoms with E-state index in [2.05, 4.69) is 73.0 Å². The fourth-order valence-electron chi connectivity index (χ4n) is 2.64. The Morgan fingerprint density at radius 3 is 1.74 bits per heavy atom. The van der Waals surface area contributed by atoms with Crippen molar-refractivity contribution in [3.8, 4) is 0 Å². The average Bonchev–Trinajstić information content (AvgIpc) is 2.49. The molecule has 0 spiro atoms. The molecule has 0 aliphatic heterocycles. The molecule has 1 unspecified atom stereocenters. The minimum Gasteiger partial charge on any atom is -0.271 e. The number of nitrogens with two attached hydrogens (primary N) is 1. The van der Waals surface area contributed by atoms with Crippen LogP contribution in [0.2, 0.25) is 0 Å². The van der Waals surface area contributed by atoms with Gasteiger partial charge < -0.3 is 0 Å². The third-order valence-electron chi connectivity index (χ3n) is 3.53. The first-order chi connectivity index (χ1) is 9.36. The SMILES string of the molecule is CCCC(NN)C(c1ccccc1)c1ccccc1. The van der Waals surface area contributed by atoms with Crippen LogP contribution in [0.4, 0.5) is 0 Å². The zero-order valence-electron chi connectivity index (χ0n) is 11.4. The molecule has 2 aromatic rings. The first-order valence-corrected chi connectivity index (χ1v) is 6.92. The largest absolute Gasteiger partial charge is 0.271 e. The Hall–Kier alpha value is -1.64. The zero-order valence-corrected chi connectivity index (χ0v) is 11.4. The van der Waals surface area contributed by atoms with Crippen molar-refractivity contribution in [3.63, 3.8) is 0 Å². The van der Waals surface area contributed by atoms with Gasteiger partial charge in [-0.25, -0.2) is 0 Å². The topological polar surface area (TPSA) is 38.0 Å². The number of hydrogen-bond donors (Lipinski definition) is 2. The molecule has 0 bridgehead atoms. The van der Waals surface area contributed by atoms with Crippen LogP contribution < -0.4 is 11.3 Å². The molecule has 0 aromatic heterocycles. The van der Waals surface area contributed by atoms with Crippen LogP contribution in [-0.4, -0.2) is 6.04 Å². The van der Waals surface area contributed by atoms with Crippen molar-refractivity contribution in [1.29, 1.82) is 0 Å². The van der Waals surface area contributed by atoms with Gasteiger partial charge >= 0.3 is 0 Å². The summed E-state index contributed by atoms with van der Waals surface area (Å²) in [4.78, 5) is 0. The van der Waals surface area contributed by atoms with E-state index < -0.39 is 0 Å². The minimum atomic E-state index is 0.259. The molecule has 0 radical (unpaired) electrons. The van der Waals surface area contributed by atoms with Crippen LogP contribution in [0.15, 0.2) is 60.7 Å². The summed E-state index contributed by atoms with van der Waals surface area (Å²) in [5.74, 6) is 6.08. The highest BCUT2D eigenvalue weighted by molar-refractivity contribution is 5.34. The minimum absolute atomic E-state index is 0.259. The molecule has 100 valence electrons. The molecule has 1 atom stereocenters. The molecule has 3 N–H and O–H groups in total. The molecule has 0 aliphatic rings. The van der Waals surface area contributed by atoms with E-state index in [0.717, 1.165) is 12.8 Å². The Balaban J connectivity index is 2.38. The lowest BCUT2D eigenvalue weighted by molar-refractivity contribution is 0.445. The van der Waals surface area contributed by atoms with Crippen LogP contribution >= 0.6 is 0 Å². The van der Waals surface area contributed by atoms with Gasteiger partial charge in [0.1, 0.15) is 0 Å². The number of rotatable bonds is 6. The lowest BCUT2D eigenvalue weighted by Gasteiger charge is -2.27. The molecule has 0 saturated carbocycles. The molecular weight excluding hydrogens is 232 g/mol. The van der Waals surface area contributed by atoms with E-state index in [1.54, 1.807) is 0 Å². The van der Waals surface area contributed by atoms with Crippen LogP contribution in [0.5, 0.6) is 0 Å². The Kier molecular flexibility index (Phi) is 5.13. The van der Waals surface area contributed by atoms with E-state index >= 15 is 0 Å². The average molecular weight is 254 g/mol. The summed E-state index contributed by atoms with van der Waals surface area (Å²) in [5.41, 5.74) is 5.62. The van der Waals surface area contributed by atoms with Gasteiger partial charge in [0, 0.05) is 12.0 Å². The van der Waals surface area contributed by atoms with Gasteiger partial charge in [-0.3, -0.25) is 11.3 Å². The van der Waals surface area contributed by atoms with Crippen LogP contribution in [0.1, 0.15) is 36.8 Å². The summed E-state index contributed by atoms with van der Waals surface area (Å²) < 4.78 is 0. The highest BCUT2D eigenvalue weighted by Crippen LogP contribution is 2.29. The van der Waals surface area contributed by atoms with Gasteiger partial charge in [0.15, 0.2) is 0 Å². The predicted molar refractivity (Wildman–Crippen MR) is 80.7 cm³/mol. The standard InChI is InChI=1S/C17H22N2/c1-2-9-16(19-18)17(14-10-5-3-6-11-14)15-12-7-4-8-13-15/h3-8,10-13,16-17,19H,2,9,18H2,1H3. The lowest BCUT2D eigenvalue weighted by atomic mass is 9.83. The van der Waals surface area contributed by atoms with Gasteiger partial charge in [-0.15, -0.1) is 0 Å². The summed E-state index contributed by atoms with van der Waals surface area (Å²) in [5, 5.41) is 0. The van der Waals surface area contributed by atoms with E-state index in [0.29, 0.717) is 5.92 Å². The number of nitrogens with one attached hydrogen (secondary N) is 1. The normalized spacial score (nSPS) is 12.6. The lowest BCUT2D eigenvalue weighted by Crippen LogP contribution is -2.40. The predicted octanol–water partition coefficient (Wildman–Crippen LogP) is 3.45. The van der Waals surface area contributed by atoms with E-state index in [4.69, 9.17) is 5.84 Å². The van der Waals surface area contributed by atoms with Gasteiger partial charge in [0.2, 0.25) is 0 Å². The Morgan fingerprint density at radius 2 is 1.37 bits per heavy atom. The summed E-state index contributed by atoms with van der Waals surface area (Å²) in [6, 6.07) is 21.4. The van der Waals surface area contributed by atoms with Crippen molar-refractivity contribution < 1.29 is 0 Å². The molecule has 0 heterocycles. The fraction of sp³-hybridized carbons (Fsp3) is 0.294. The quantitative estimate of drug-likeness (QED) is 0.612. The molecule has 2 heteroatoms. The maximum absolute atomic E-state index is 5.78. The maximum atomic E-state index is 5.78. The van der Waals surface area contributed by atoms with Gasteiger partial charge in [0.05, 0.1) is 0 Å². The molecule has 0 saturated heterocycles. The summed E-state index contributed by atoms with van der Waals surface area (Å²) in [6.07, 6.45) is 2.18. The van der Waals surface area contributed by atoms with Crippen molar-refractivity contribution in [2.45, 2.75) is 31.7 Å². The van der Waals surface area contributed by atoms with Crippen molar-refractivity contribution in [2.24, 2.45) is 5.84 Å². The molecule has 0 amide bonds. The first-order valence-electron chi connectivity index (χ1n) is 6.92. The fourth-order valence-corrected chi connectivity index (χ4v) is 2.64. The van der Waals surface area contributed by atoms with Crippen molar-refractivity contribution in [1.82, 2.24) is 5.43 Å². The highest BCUT2D eigenvalue weighted by atomic mass is 15.2. The van der Waals surface area contributed by atoms with E-state index in [-0.39, 0.29) is 6.04 Å². The summed E-state index contributed by atoms with van der Waals surface area (Å²) in [6.45, 7) is 2.19. The molecule has 2 nitrogen and oxygen atoms in total. The second-order valence-corrected chi connectivity index (χ2v) is 4.86. The van der Waals surface area contributed by atoms with E-state index in [9.17, 15) is 0 Å². The second kappa shape index (κ2) is 7.07. The first kappa shape index (κ1) is 13.8. The third kappa shape index (κ3) is 3.43. The molecule has 2 rings (SSSR count). The number of hydrazine groups is 1. The van der Waals surface area contributed by atoms with Crippen LogP contribution in [-0.2, 0) is 0 Å². The second-order valence-electron chi connectivity index (χ2n) is 4.86. The van der Waals surface area contributed by atoms with Gasteiger partial charge in [-0.1, -0.05) is 74.0 Å². The Labute approximate surface area is 115 Å². The smallest absolute Gasteiger partial charge is 0.0319 e. The zero-order chi connectivity index (χ0) is 13.5. The number of hydrogen-bond acceptors (Lipinski definition) is 2. The van der Waals surface area contributed by atoms with Crippen LogP contribution in [0.25, 0.3) is 0 Å². The van der Waals surface area contributed by atoms with Gasteiger partial charge in [-0.05, 0) is 17.5 Å². The number of benzene rings is 2. The van der Waals surface area contributed by atoms with Gasteiger partial charge in [0.25, 0.3) is 0 Å². The highest BCUT2D eigenvalue weighted by Gasteiger charge is 2.22. The maximum Gasteiger partial charge on any atom is 0.0319 e. The van der Waals surface area contributed by atoms with Crippen LogP contribution in [0, 0.1) is 0 Å². The van der Waals surface area contributed by atoms with Crippen molar-refractivity contribution in [3.05, 3.63) is 71.8 Å². The van der Waals surface area contributed by atoms with Crippen molar-refractivity contribution >= 4 is 0 Å². The van der Waals surface area contributed by atoms with Crippen molar-refractivity contribution in [2.75, 3.05) is 0 Å². The van der Waals surface area contributed by atoms with E-state index in [1.165, 1.54) is 11.1 Å². The summed E-state index contributed by atoms with van der Waals surface area (Å²) in [7, 11) is 0. The molecule has 0 fully saturated rings. The Morgan fingerprint density at radius 1 is 0.895 bits per heavy atom. The molecule has 19 heavy (non-hydrogen) atoms. The molecule has 0 aliphatic carbocycles.